The van der Waals surface area contributed by atoms with E-state index < -0.39 is 6.04 Å². The lowest BCUT2D eigenvalue weighted by Crippen LogP contribution is -2.58. The largest absolute Gasteiger partial charge is 0.343 e. The van der Waals surface area contributed by atoms with Gasteiger partial charge in [-0.15, -0.1) is 11.8 Å². The third kappa shape index (κ3) is 2.51. The number of amides is 2. The number of carbonyl (C=O) groups is 2. The van der Waals surface area contributed by atoms with Crippen LogP contribution < -0.4 is 10.2 Å². The maximum absolute atomic E-state index is 12.2. The van der Waals surface area contributed by atoms with Gasteiger partial charge in [-0.2, -0.15) is 0 Å². The zero-order valence-electron chi connectivity index (χ0n) is 10.5. The first-order chi connectivity index (χ1) is 8.65. The van der Waals surface area contributed by atoms with Crippen LogP contribution in [0.1, 0.15) is 13.3 Å². The molecule has 1 fully saturated rings. The molecule has 1 aromatic carbocycles. The predicted molar refractivity (Wildman–Crippen MR) is 72.8 cm³/mol. The molecule has 4 nitrogen and oxygen atoms in total. The maximum Gasteiger partial charge on any atom is 0.250 e. The maximum atomic E-state index is 12.2. The molecule has 2 rings (SSSR count). The zero-order valence-corrected chi connectivity index (χ0v) is 11.3. The first-order valence-electron chi connectivity index (χ1n) is 5.90. The Labute approximate surface area is 111 Å². The molecule has 1 atom stereocenters. The Balaban J connectivity index is 2.30. The van der Waals surface area contributed by atoms with E-state index in [1.54, 1.807) is 16.7 Å². The Morgan fingerprint density at radius 1 is 1.44 bits per heavy atom. The molecule has 1 saturated heterocycles. The first kappa shape index (κ1) is 13.0. The van der Waals surface area contributed by atoms with Crippen LogP contribution in [0.5, 0.6) is 0 Å². The zero-order chi connectivity index (χ0) is 13.1. The van der Waals surface area contributed by atoms with Gasteiger partial charge in [0.15, 0.2) is 0 Å². The van der Waals surface area contributed by atoms with Crippen LogP contribution in [0.2, 0.25) is 0 Å². The van der Waals surface area contributed by atoms with Crippen molar-refractivity contribution in [2.45, 2.75) is 24.3 Å². The molecule has 0 saturated carbocycles. The summed E-state index contributed by atoms with van der Waals surface area (Å²) in [6, 6.07) is 7.29. The average molecular weight is 264 g/mol. The third-order valence-electron chi connectivity index (χ3n) is 2.97. The number of rotatable bonds is 3. The normalized spacial score (nSPS) is 19.9. The number of carbonyl (C=O) groups excluding carboxylic acids is 2. The number of benzene rings is 1. The van der Waals surface area contributed by atoms with Gasteiger partial charge in [-0.25, -0.2) is 0 Å². The van der Waals surface area contributed by atoms with Gasteiger partial charge < -0.3 is 10.2 Å². The van der Waals surface area contributed by atoms with Crippen LogP contribution in [0.15, 0.2) is 29.2 Å². The molecule has 5 heteroatoms. The molecule has 1 unspecified atom stereocenters. The molecule has 1 heterocycles. The van der Waals surface area contributed by atoms with E-state index in [-0.39, 0.29) is 18.4 Å². The lowest BCUT2D eigenvalue weighted by Gasteiger charge is -2.32. The smallest absolute Gasteiger partial charge is 0.250 e. The van der Waals surface area contributed by atoms with Crippen LogP contribution in [0.4, 0.5) is 5.69 Å². The number of hydrogen-bond acceptors (Lipinski definition) is 3. The average Bonchev–Trinajstić information content (AvgIpc) is 2.41. The van der Waals surface area contributed by atoms with Crippen molar-refractivity contribution in [3.63, 3.8) is 0 Å². The second kappa shape index (κ2) is 5.44. The van der Waals surface area contributed by atoms with E-state index in [4.69, 9.17) is 0 Å². The van der Waals surface area contributed by atoms with E-state index in [1.165, 1.54) is 0 Å². The van der Waals surface area contributed by atoms with E-state index in [0.29, 0.717) is 6.42 Å². The van der Waals surface area contributed by atoms with E-state index in [0.717, 1.165) is 10.6 Å². The van der Waals surface area contributed by atoms with Gasteiger partial charge in [0.2, 0.25) is 11.8 Å². The molecule has 0 aromatic heterocycles. The van der Waals surface area contributed by atoms with Crippen LogP contribution in [0.25, 0.3) is 0 Å². The van der Waals surface area contributed by atoms with Crippen molar-refractivity contribution in [2.24, 2.45) is 0 Å². The van der Waals surface area contributed by atoms with Gasteiger partial charge in [-0.3, -0.25) is 9.59 Å². The Kier molecular flexibility index (Phi) is 3.91. The Bertz CT molecular complexity index is 476. The fraction of sp³-hybridized carbons (Fsp3) is 0.385. The highest BCUT2D eigenvalue weighted by atomic mass is 32.2. The highest BCUT2D eigenvalue weighted by Crippen LogP contribution is 2.24. The van der Waals surface area contributed by atoms with E-state index in [1.807, 2.05) is 37.4 Å². The molecule has 96 valence electrons. The molecule has 18 heavy (non-hydrogen) atoms. The minimum absolute atomic E-state index is 0.0321. The summed E-state index contributed by atoms with van der Waals surface area (Å²) in [4.78, 5) is 26.5. The third-order valence-corrected chi connectivity index (χ3v) is 3.70. The monoisotopic (exact) mass is 264 g/mol. The molecule has 2 amide bonds. The predicted octanol–water partition coefficient (Wildman–Crippen LogP) is 1.65. The summed E-state index contributed by atoms with van der Waals surface area (Å²) in [5, 5.41) is 2.71. The summed E-state index contributed by atoms with van der Waals surface area (Å²) in [5.41, 5.74) is 0.792. The van der Waals surface area contributed by atoms with Crippen molar-refractivity contribution in [3.05, 3.63) is 24.3 Å². The number of nitrogens with zero attached hydrogens (tertiary/aromatic N) is 1. The first-order valence-corrected chi connectivity index (χ1v) is 7.13. The van der Waals surface area contributed by atoms with Crippen molar-refractivity contribution in [2.75, 3.05) is 17.7 Å². The number of nitrogens with one attached hydrogen (secondary N) is 1. The van der Waals surface area contributed by atoms with Crippen molar-refractivity contribution in [1.29, 1.82) is 0 Å². The van der Waals surface area contributed by atoms with Crippen molar-refractivity contribution < 1.29 is 9.59 Å². The molecule has 1 aromatic rings. The molecule has 1 aliphatic rings. The summed E-state index contributed by atoms with van der Waals surface area (Å²) in [6.45, 7) is 2.00. The summed E-state index contributed by atoms with van der Waals surface area (Å²) in [6.07, 6.45) is 2.60. The van der Waals surface area contributed by atoms with Crippen molar-refractivity contribution in [3.8, 4) is 0 Å². The fourth-order valence-corrected chi connectivity index (χ4v) is 2.44. The summed E-state index contributed by atoms with van der Waals surface area (Å²) in [7, 11) is 0. The summed E-state index contributed by atoms with van der Waals surface area (Å²) < 4.78 is 0. The SMILES string of the molecule is CCC1NC(=O)CN(c2cccc(SC)c2)C1=O. The molecule has 0 radical (unpaired) electrons. The van der Waals surface area contributed by atoms with Crippen LogP contribution in [-0.4, -0.2) is 30.7 Å². The minimum atomic E-state index is -0.399. The highest BCUT2D eigenvalue weighted by molar-refractivity contribution is 7.98. The van der Waals surface area contributed by atoms with Gasteiger partial charge in [0.1, 0.15) is 12.6 Å². The second-order valence-electron chi connectivity index (χ2n) is 4.15. The van der Waals surface area contributed by atoms with Gasteiger partial charge in [-0.1, -0.05) is 13.0 Å². The molecule has 0 aliphatic carbocycles. The topological polar surface area (TPSA) is 49.4 Å². The second-order valence-corrected chi connectivity index (χ2v) is 5.03. The fourth-order valence-electron chi connectivity index (χ4n) is 1.98. The van der Waals surface area contributed by atoms with Crippen LogP contribution in [0, 0.1) is 0 Å². The van der Waals surface area contributed by atoms with Crippen LogP contribution >= 0.6 is 11.8 Å². The molecule has 0 bridgehead atoms. The number of thioether (sulfide) groups is 1. The highest BCUT2D eigenvalue weighted by Gasteiger charge is 2.32. The Morgan fingerprint density at radius 2 is 2.22 bits per heavy atom. The van der Waals surface area contributed by atoms with Crippen LogP contribution in [0.3, 0.4) is 0 Å². The molecular formula is C13H16N2O2S. The number of piperazine rings is 1. The van der Waals surface area contributed by atoms with E-state index in [2.05, 4.69) is 5.32 Å². The number of hydrogen-bond donors (Lipinski definition) is 1. The van der Waals surface area contributed by atoms with Gasteiger partial charge in [-0.05, 0) is 30.9 Å². The van der Waals surface area contributed by atoms with Gasteiger partial charge in [0, 0.05) is 10.6 Å². The molecule has 1 N–H and O–H groups in total. The summed E-state index contributed by atoms with van der Waals surface area (Å²) >= 11 is 1.62. The van der Waals surface area contributed by atoms with Gasteiger partial charge >= 0.3 is 0 Å². The molecule has 0 spiro atoms. The number of anilines is 1. The van der Waals surface area contributed by atoms with Crippen molar-refractivity contribution in [1.82, 2.24) is 5.32 Å². The Hall–Kier alpha value is -1.49. The molecule has 1 aliphatic heterocycles. The van der Waals surface area contributed by atoms with Crippen molar-refractivity contribution >= 4 is 29.3 Å². The molecular weight excluding hydrogens is 248 g/mol. The van der Waals surface area contributed by atoms with Gasteiger partial charge in [0.25, 0.3) is 0 Å². The van der Waals surface area contributed by atoms with E-state index >= 15 is 0 Å². The minimum Gasteiger partial charge on any atom is -0.343 e. The van der Waals surface area contributed by atoms with E-state index in [9.17, 15) is 9.59 Å². The lowest BCUT2D eigenvalue weighted by atomic mass is 10.1. The van der Waals surface area contributed by atoms with Gasteiger partial charge in [0.05, 0.1) is 0 Å². The summed E-state index contributed by atoms with van der Waals surface area (Å²) in [5.74, 6) is -0.133. The standard InChI is InChI=1S/C13H16N2O2S/c1-3-11-13(17)15(8-12(16)14-11)9-5-4-6-10(7-9)18-2/h4-7,11H,3,8H2,1-2H3,(H,14,16). The Morgan fingerprint density at radius 3 is 2.89 bits per heavy atom. The van der Waals surface area contributed by atoms with Crippen LogP contribution in [-0.2, 0) is 9.59 Å². The lowest BCUT2D eigenvalue weighted by molar-refractivity contribution is -0.131. The quantitative estimate of drug-likeness (QED) is 0.845.